The Kier molecular flexibility index (Phi) is 7.83. The van der Waals surface area contributed by atoms with Crippen molar-refractivity contribution in [2.24, 2.45) is 35.5 Å². The maximum absolute atomic E-state index is 13.8. The molecule has 2 N–H and O–H groups in total. The SMILES string of the molecule is C=CCC1C[C@H](C(=O)N(CCCN(C)C)C(=O)NCC)C[C@@H]2C3CCCC4NC=C(C[C@@H]12)C43. The number of hydrogen-bond acceptors (Lipinski definition) is 4. The highest BCUT2D eigenvalue weighted by Crippen LogP contribution is 2.57. The first kappa shape index (κ1) is 24.3. The molecule has 0 saturated heterocycles. The summed E-state index contributed by atoms with van der Waals surface area (Å²) in [7, 11) is 4.06. The minimum Gasteiger partial charge on any atom is -0.388 e. The van der Waals surface area contributed by atoms with Crippen molar-refractivity contribution < 1.29 is 9.59 Å². The van der Waals surface area contributed by atoms with Crippen molar-refractivity contribution in [1.82, 2.24) is 20.4 Å². The first-order chi connectivity index (χ1) is 15.9. The fourth-order valence-electron chi connectivity index (χ4n) is 7.52. The van der Waals surface area contributed by atoms with E-state index >= 15 is 0 Å². The Morgan fingerprint density at radius 3 is 2.73 bits per heavy atom. The van der Waals surface area contributed by atoms with Crippen molar-refractivity contribution >= 4 is 11.9 Å². The number of rotatable bonds is 8. The van der Waals surface area contributed by atoms with Crippen LogP contribution in [0, 0.1) is 35.5 Å². The molecule has 184 valence electrons. The van der Waals surface area contributed by atoms with Gasteiger partial charge < -0.3 is 15.5 Å². The summed E-state index contributed by atoms with van der Waals surface area (Å²) in [6.07, 6.45) is 13.0. The molecule has 4 unspecified atom stereocenters. The summed E-state index contributed by atoms with van der Waals surface area (Å²) < 4.78 is 0. The number of amides is 3. The van der Waals surface area contributed by atoms with Crippen LogP contribution in [0.5, 0.6) is 0 Å². The zero-order valence-corrected chi connectivity index (χ0v) is 20.9. The van der Waals surface area contributed by atoms with Crippen molar-refractivity contribution in [2.45, 2.75) is 64.3 Å². The third kappa shape index (κ3) is 5.01. The minimum atomic E-state index is -0.227. The standard InChI is InChI=1S/C27H44N4O2/c1-5-9-18-14-19(26(32)31(27(33)28-6-2)13-8-12-30(3)4)15-23-21-10-7-11-24-25(21)20(17-29-24)16-22(18)23/h5,17-19,21-25,29H,1,6-16H2,2-4H3,(H,28,33)/t18?,19-,21?,22-,23+,24?,25?/m0/s1. The Labute approximate surface area is 200 Å². The zero-order valence-electron chi connectivity index (χ0n) is 20.9. The summed E-state index contributed by atoms with van der Waals surface area (Å²) in [5, 5.41) is 6.57. The Morgan fingerprint density at radius 2 is 2.00 bits per heavy atom. The average molecular weight is 457 g/mol. The van der Waals surface area contributed by atoms with E-state index in [2.05, 4.69) is 28.3 Å². The number of carbonyl (C=O) groups excluding carboxylic acids is 2. The van der Waals surface area contributed by atoms with Gasteiger partial charge in [0.15, 0.2) is 0 Å². The van der Waals surface area contributed by atoms with Crippen LogP contribution in [0.3, 0.4) is 0 Å². The van der Waals surface area contributed by atoms with Crippen molar-refractivity contribution in [3.05, 3.63) is 24.4 Å². The van der Waals surface area contributed by atoms with Gasteiger partial charge in [0.1, 0.15) is 0 Å². The van der Waals surface area contributed by atoms with Gasteiger partial charge >= 0.3 is 6.03 Å². The van der Waals surface area contributed by atoms with E-state index < -0.39 is 0 Å². The summed E-state index contributed by atoms with van der Waals surface area (Å²) >= 11 is 0. The largest absolute Gasteiger partial charge is 0.388 e. The number of nitrogens with one attached hydrogen (secondary N) is 2. The molecule has 0 spiro atoms. The van der Waals surface area contributed by atoms with E-state index in [0.29, 0.717) is 48.7 Å². The van der Waals surface area contributed by atoms with Gasteiger partial charge in [0.2, 0.25) is 5.91 Å². The Hall–Kier alpha value is -1.82. The fraction of sp³-hybridized carbons (Fsp3) is 0.778. The van der Waals surface area contributed by atoms with Crippen LogP contribution in [-0.4, -0.2) is 61.5 Å². The van der Waals surface area contributed by atoms with Crippen LogP contribution in [0.15, 0.2) is 24.4 Å². The van der Waals surface area contributed by atoms with E-state index in [-0.39, 0.29) is 17.9 Å². The molecule has 1 aliphatic heterocycles. The Balaban J connectivity index is 1.54. The van der Waals surface area contributed by atoms with Gasteiger partial charge in [-0.05, 0) is 108 Å². The maximum atomic E-state index is 13.8. The van der Waals surface area contributed by atoms with E-state index in [1.165, 1.54) is 30.6 Å². The molecule has 3 aliphatic carbocycles. The highest BCUT2D eigenvalue weighted by molar-refractivity contribution is 5.95. The molecule has 4 rings (SSSR count). The lowest BCUT2D eigenvalue weighted by Gasteiger charge is -2.53. The van der Waals surface area contributed by atoms with Crippen LogP contribution in [0.1, 0.15) is 58.3 Å². The highest BCUT2D eigenvalue weighted by atomic mass is 16.2. The summed E-state index contributed by atoms with van der Waals surface area (Å²) in [6, 6.07) is 0.377. The van der Waals surface area contributed by atoms with Crippen LogP contribution < -0.4 is 10.6 Å². The first-order valence-electron chi connectivity index (χ1n) is 13.2. The van der Waals surface area contributed by atoms with Crippen LogP contribution in [0.25, 0.3) is 0 Å². The summed E-state index contributed by atoms with van der Waals surface area (Å²) in [5.41, 5.74) is 1.64. The van der Waals surface area contributed by atoms with Crippen molar-refractivity contribution in [2.75, 3.05) is 33.7 Å². The molecular weight excluding hydrogens is 412 g/mol. The molecule has 3 saturated carbocycles. The molecular formula is C27H44N4O2. The maximum Gasteiger partial charge on any atom is 0.324 e. The second kappa shape index (κ2) is 10.6. The molecule has 1 heterocycles. The second-order valence-electron chi connectivity index (χ2n) is 11.1. The van der Waals surface area contributed by atoms with Crippen molar-refractivity contribution in [3.8, 4) is 0 Å². The molecule has 6 nitrogen and oxygen atoms in total. The molecule has 33 heavy (non-hydrogen) atoms. The third-order valence-corrected chi connectivity index (χ3v) is 8.82. The number of urea groups is 1. The smallest absolute Gasteiger partial charge is 0.324 e. The van der Waals surface area contributed by atoms with Crippen LogP contribution >= 0.6 is 0 Å². The minimum absolute atomic E-state index is 0.0467. The predicted octanol–water partition coefficient (Wildman–Crippen LogP) is 4.01. The lowest BCUT2D eigenvalue weighted by molar-refractivity contribution is -0.137. The topological polar surface area (TPSA) is 64.7 Å². The normalized spacial score (nSPS) is 34.5. The zero-order chi connectivity index (χ0) is 23.5. The van der Waals surface area contributed by atoms with Crippen LogP contribution in [-0.2, 0) is 4.79 Å². The van der Waals surface area contributed by atoms with Gasteiger partial charge in [0.05, 0.1) is 0 Å². The number of hydrogen-bond donors (Lipinski definition) is 2. The van der Waals surface area contributed by atoms with E-state index in [1.54, 1.807) is 5.57 Å². The summed E-state index contributed by atoms with van der Waals surface area (Å²) in [4.78, 5) is 30.3. The van der Waals surface area contributed by atoms with Crippen molar-refractivity contribution in [1.29, 1.82) is 0 Å². The van der Waals surface area contributed by atoms with E-state index in [4.69, 9.17) is 0 Å². The predicted molar refractivity (Wildman–Crippen MR) is 132 cm³/mol. The fourth-order valence-corrected chi connectivity index (χ4v) is 7.52. The quantitative estimate of drug-likeness (QED) is 0.542. The first-order valence-corrected chi connectivity index (χ1v) is 13.2. The van der Waals surface area contributed by atoms with E-state index in [9.17, 15) is 9.59 Å². The van der Waals surface area contributed by atoms with Gasteiger partial charge in [-0.25, -0.2) is 4.79 Å². The lowest BCUT2D eigenvalue weighted by Crippen LogP contribution is -2.52. The summed E-state index contributed by atoms with van der Waals surface area (Å²) in [6.45, 7) is 7.85. The van der Waals surface area contributed by atoms with Gasteiger partial charge in [-0.2, -0.15) is 0 Å². The molecule has 0 bridgehead atoms. The Morgan fingerprint density at radius 1 is 1.18 bits per heavy atom. The number of fused-ring (bicyclic) bond motifs is 2. The molecule has 3 amide bonds. The number of imide groups is 1. The third-order valence-electron chi connectivity index (χ3n) is 8.82. The van der Waals surface area contributed by atoms with Crippen LogP contribution in [0.4, 0.5) is 4.79 Å². The Bertz CT molecular complexity index is 763. The number of carbonyl (C=O) groups is 2. The average Bonchev–Trinajstić information content (AvgIpc) is 3.21. The molecule has 7 atom stereocenters. The molecule has 0 aromatic heterocycles. The molecule has 6 heteroatoms. The second-order valence-corrected chi connectivity index (χ2v) is 11.1. The monoisotopic (exact) mass is 456 g/mol. The molecule has 3 fully saturated rings. The van der Waals surface area contributed by atoms with E-state index in [0.717, 1.165) is 32.2 Å². The van der Waals surface area contributed by atoms with Gasteiger partial charge in [-0.1, -0.05) is 12.5 Å². The van der Waals surface area contributed by atoms with Gasteiger partial charge in [0, 0.05) is 31.0 Å². The van der Waals surface area contributed by atoms with Crippen LogP contribution in [0.2, 0.25) is 0 Å². The lowest BCUT2D eigenvalue weighted by atomic mass is 9.52. The van der Waals surface area contributed by atoms with Gasteiger partial charge in [-0.15, -0.1) is 6.58 Å². The number of nitrogens with zero attached hydrogens (tertiary/aromatic N) is 2. The van der Waals surface area contributed by atoms with Gasteiger partial charge in [0.25, 0.3) is 0 Å². The highest BCUT2D eigenvalue weighted by Gasteiger charge is 2.53. The summed E-state index contributed by atoms with van der Waals surface area (Å²) in [5.74, 6) is 3.04. The molecule has 4 aliphatic rings. The van der Waals surface area contributed by atoms with Crippen molar-refractivity contribution in [3.63, 3.8) is 0 Å². The molecule has 0 aromatic rings. The molecule has 0 aromatic carbocycles. The van der Waals surface area contributed by atoms with E-state index in [1.807, 2.05) is 27.1 Å². The number of allylic oxidation sites excluding steroid dienone is 1. The van der Waals surface area contributed by atoms with Gasteiger partial charge in [-0.3, -0.25) is 9.69 Å². The molecule has 0 radical (unpaired) electrons.